The number of amides is 1. The molecule has 1 amide bonds. The predicted octanol–water partition coefficient (Wildman–Crippen LogP) is 5.55. The summed E-state index contributed by atoms with van der Waals surface area (Å²) in [5, 5.41) is 13.6. The smallest absolute Gasteiger partial charge is 0.254 e. The molecule has 172 valence electrons. The third-order valence-electron chi connectivity index (χ3n) is 6.68. The summed E-state index contributed by atoms with van der Waals surface area (Å²) in [5.41, 5.74) is 5.41. The molecule has 0 radical (unpaired) electrons. The number of aromatic nitrogens is 2. The highest BCUT2D eigenvalue weighted by Gasteiger charge is 2.33. The van der Waals surface area contributed by atoms with E-state index in [2.05, 4.69) is 57.8 Å². The molecule has 0 aliphatic heterocycles. The van der Waals surface area contributed by atoms with Crippen molar-refractivity contribution in [1.29, 1.82) is 5.26 Å². The van der Waals surface area contributed by atoms with E-state index >= 15 is 0 Å². The van der Waals surface area contributed by atoms with E-state index in [1.54, 1.807) is 30.6 Å². The zero-order valence-electron chi connectivity index (χ0n) is 19.3. The lowest BCUT2D eigenvalue weighted by Crippen LogP contribution is -2.32. The Morgan fingerprint density at radius 2 is 1.77 bits per heavy atom. The molecule has 0 bridgehead atoms. The highest BCUT2D eigenvalue weighted by atomic mass is 16.2. The summed E-state index contributed by atoms with van der Waals surface area (Å²) in [6.45, 7) is 0.558. The van der Waals surface area contributed by atoms with Crippen LogP contribution in [0.2, 0.25) is 0 Å². The van der Waals surface area contributed by atoms with Crippen LogP contribution in [0.3, 0.4) is 0 Å². The largest absolute Gasteiger partial charge is 0.367 e. The van der Waals surface area contributed by atoms with Crippen molar-refractivity contribution in [2.75, 3.05) is 5.32 Å². The summed E-state index contributed by atoms with van der Waals surface area (Å²) < 4.78 is 0. The van der Waals surface area contributed by atoms with Crippen LogP contribution in [0, 0.1) is 11.3 Å². The van der Waals surface area contributed by atoms with Crippen LogP contribution >= 0.6 is 0 Å². The normalized spacial score (nSPS) is 14.9. The number of benzene rings is 3. The van der Waals surface area contributed by atoms with Crippen LogP contribution in [0.15, 0.2) is 73.1 Å². The lowest BCUT2D eigenvalue weighted by molar-refractivity contribution is 0.0730. The van der Waals surface area contributed by atoms with E-state index in [1.807, 2.05) is 11.0 Å². The second-order valence-corrected chi connectivity index (χ2v) is 9.43. The fourth-order valence-electron chi connectivity index (χ4n) is 4.42. The van der Waals surface area contributed by atoms with E-state index in [0.29, 0.717) is 23.7 Å². The van der Waals surface area contributed by atoms with E-state index < -0.39 is 0 Å². The number of nitriles is 1. The summed E-state index contributed by atoms with van der Waals surface area (Å²) in [5.74, 6) is 0.907. The first-order valence-electron chi connectivity index (χ1n) is 12.1. The van der Waals surface area contributed by atoms with Crippen LogP contribution in [0.4, 0.5) is 5.82 Å². The molecule has 1 aromatic heterocycles. The minimum Gasteiger partial charge on any atom is -0.367 e. The first kappa shape index (κ1) is 21.3. The molecule has 6 nitrogen and oxygen atoms in total. The van der Waals surface area contributed by atoms with Gasteiger partial charge >= 0.3 is 0 Å². The van der Waals surface area contributed by atoms with E-state index in [-0.39, 0.29) is 11.9 Å². The summed E-state index contributed by atoms with van der Waals surface area (Å²) in [7, 11) is 0. The van der Waals surface area contributed by atoms with Gasteiger partial charge in [-0.2, -0.15) is 5.26 Å². The molecule has 4 aromatic rings. The van der Waals surface area contributed by atoms with Gasteiger partial charge in [0.15, 0.2) is 0 Å². The Hall–Kier alpha value is -4.24. The highest BCUT2D eigenvalue weighted by molar-refractivity contribution is 5.95. The van der Waals surface area contributed by atoms with Crippen molar-refractivity contribution in [3.05, 3.63) is 89.7 Å². The van der Waals surface area contributed by atoms with Gasteiger partial charge in [0, 0.05) is 29.6 Å². The Bertz CT molecular complexity index is 1450. The van der Waals surface area contributed by atoms with Gasteiger partial charge in [-0.1, -0.05) is 24.3 Å². The van der Waals surface area contributed by atoms with E-state index in [0.717, 1.165) is 46.3 Å². The van der Waals surface area contributed by atoms with Crippen molar-refractivity contribution < 1.29 is 4.79 Å². The number of carbonyl (C=O) groups is 1. The molecule has 6 heteroatoms. The standard InChI is InChI=1S/C29H25N5O/c30-16-19-4-6-21(7-5-19)29(35)34(25-11-12-25)17-20-2-1-3-22(14-20)23-8-13-27-26(15-23)28(32-18-31-27)33-24-9-10-24/h1-8,13-15,18,24-25H,9-12,17H2,(H,31,32,33). The van der Waals surface area contributed by atoms with E-state index in [9.17, 15) is 4.79 Å². The fraction of sp³-hybridized carbons (Fsp3) is 0.241. The second-order valence-electron chi connectivity index (χ2n) is 9.43. The SMILES string of the molecule is N#Cc1ccc(C(=O)N(Cc2cccc(-c3ccc4ncnc(NC5CC5)c4c3)c2)C2CC2)cc1. The first-order valence-corrected chi connectivity index (χ1v) is 12.1. The molecule has 0 atom stereocenters. The average Bonchev–Trinajstić information content (AvgIpc) is 3.83. The van der Waals surface area contributed by atoms with Crippen molar-refractivity contribution >= 4 is 22.6 Å². The number of carbonyl (C=O) groups excluding carboxylic acids is 1. The van der Waals surface area contributed by atoms with Crippen LogP contribution in [-0.4, -0.2) is 32.9 Å². The average molecular weight is 460 g/mol. The van der Waals surface area contributed by atoms with Crippen molar-refractivity contribution in [3.8, 4) is 17.2 Å². The molecule has 0 unspecified atom stereocenters. The Kier molecular flexibility index (Phi) is 5.38. The zero-order valence-corrected chi connectivity index (χ0v) is 19.3. The monoisotopic (exact) mass is 459 g/mol. The Labute approximate surface area is 204 Å². The Morgan fingerprint density at radius 1 is 0.971 bits per heavy atom. The number of hydrogen-bond acceptors (Lipinski definition) is 5. The maximum Gasteiger partial charge on any atom is 0.254 e. The van der Waals surface area contributed by atoms with Crippen LogP contribution in [0.1, 0.15) is 47.2 Å². The Morgan fingerprint density at radius 3 is 2.51 bits per heavy atom. The second kappa shape index (κ2) is 8.84. The van der Waals surface area contributed by atoms with Crippen LogP contribution in [-0.2, 0) is 6.54 Å². The summed E-state index contributed by atoms with van der Waals surface area (Å²) in [6.07, 6.45) is 6.05. The lowest BCUT2D eigenvalue weighted by Gasteiger charge is -2.23. The van der Waals surface area contributed by atoms with Gasteiger partial charge in [-0.3, -0.25) is 4.79 Å². The van der Waals surface area contributed by atoms with Crippen molar-refractivity contribution in [2.45, 2.75) is 44.3 Å². The van der Waals surface area contributed by atoms with Gasteiger partial charge < -0.3 is 10.2 Å². The molecule has 2 aliphatic rings. The van der Waals surface area contributed by atoms with Crippen molar-refractivity contribution in [1.82, 2.24) is 14.9 Å². The Balaban J connectivity index is 1.27. The molecule has 2 fully saturated rings. The molecule has 35 heavy (non-hydrogen) atoms. The predicted molar refractivity (Wildman–Crippen MR) is 136 cm³/mol. The zero-order chi connectivity index (χ0) is 23.8. The molecule has 2 aliphatic carbocycles. The topological polar surface area (TPSA) is 81.9 Å². The molecule has 1 heterocycles. The maximum atomic E-state index is 13.3. The number of anilines is 1. The van der Waals surface area contributed by atoms with Crippen LogP contribution in [0.25, 0.3) is 22.0 Å². The fourth-order valence-corrected chi connectivity index (χ4v) is 4.42. The molecule has 6 rings (SSSR count). The molecule has 0 spiro atoms. The van der Waals surface area contributed by atoms with Gasteiger partial charge in [0.05, 0.1) is 17.1 Å². The van der Waals surface area contributed by atoms with Gasteiger partial charge in [0.2, 0.25) is 0 Å². The molecular formula is C29H25N5O. The molecule has 2 saturated carbocycles. The highest BCUT2D eigenvalue weighted by Crippen LogP contribution is 2.33. The van der Waals surface area contributed by atoms with Gasteiger partial charge in [-0.15, -0.1) is 0 Å². The minimum atomic E-state index is 0.0149. The van der Waals surface area contributed by atoms with E-state index in [1.165, 1.54) is 12.8 Å². The molecule has 1 N–H and O–H groups in total. The molecular weight excluding hydrogens is 434 g/mol. The third kappa shape index (κ3) is 4.58. The molecule has 3 aromatic carbocycles. The lowest BCUT2D eigenvalue weighted by atomic mass is 10.0. The number of nitrogens with zero attached hydrogens (tertiary/aromatic N) is 4. The van der Waals surface area contributed by atoms with Gasteiger partial charge in [0.1, 0.15) is 12.1 Å². The van der Waals surface area contributed by atoms with Crippen LogP contribution in [0.5, 0.6) is 0 Å². The van der Waals surface area contributed by atoms with E-state index in [4.69, 9.17) is 5.26 Å². The summed E-state index contributed by atoms with van der Waals surface area (Å²) >= 11 is 0. The minimum absolute atomic E-state index is 0.0149. The number of rotatable bonds is 7. The third-order valence-corrected chi connectivity index (χ3v) is 6.68. The van der Waals surface area contributed by atoms with Crippen LogP contribution < -0.4 is 5.32 Å². The number of hydrogen-bond donors (Lipinski definition) is 1. The number of fused-ring (bicyclic) bond motifs is 1. The number of nitrogens with one attached hydrogen (secondary N) is 1. The maximum absolute atomic E-state index is 13.3. The van der Waals surface area contributed by atoms with Crippen molar-refractivity contribution in [3.63, 3.8) is 0 Å². The van der Waals surface area contributed by atoms with Crippen molar-refractivity contribution in [2.24, 2.45) is 0 Å². The van der Waals surface area contributed by atoms with Gasteiger partial charge in [0.25, 0.3) is 5.91 Å². The van der Waals surface area contributed by atoms with Gasteiger partial charge in [-0.25, -0.2) is 9.97 Å². The first-order chi connectivity index (χ1) is 17.2. The summed E-state index contributed by atoms with van der Waals surface area (Å²) in [4.78, 5) is 24.2. The quantitative estimate of drug-likeness (QED) is 0.392. The summed E-state index contributed by atoms with van der Waals surface area (Å²) in [6, 6.07) is 24.5. The molecule has 0 saturated heterocycles. The van der Waals surface area contributed by atoms with Gasteiger partial charge in [-0.05, 0) is 84.8 Å².